The number of rotatable bonds is 7. The molecule has 0 atom stereocenters. The molecule has 2 amide bonds. The van der Waals surface area contributed by atoms with Crippen molar-refractivity contribution >= 4 is 6.03 Å². The van der Waals surface area contributed by atoms with Crippen molar-refractivity contribution in [2.75, 3.05) is 19.7 Å². The van der Waals surface area contributed by atoms with Gasteiger partial charge in [0.25, 0.3) is 0 Å². The first-order chi connectivity index (χ1) is 11.6. The molecule has 0 saturated heterocycles. The van der Waals surface area contributed by atoms with Gasteiger partial charge in [-0.15, -0.1) is 0 Å². The van der Waals surface area contributed by atoms with Crippen LogP contribution in [0.3, 0.4) is 0 Å². The minimum absolute atomic E-state index is 0.0635. The second-order valence-electron chi connectivity index (χ2n) is 5.80. The Labute approximate surface area is 144 Å². The topological polar surface area (TPSA) is 41.6 Å². The number of urea groups is 1. The van der Waals surface area contributed by atoms with Gasteiger partial charge in [-0.1, -0.05) is 48.5 Å². The second kappa shape index (κ2) is 8.96. The van der Waals surface area contributed by atoms with E-state index in [0.717, 1.165) is 22.4 Å². The molecular formula is C20H26N2O2. The average molecular weight is 326 g/mol. The number of carbonyl (C=O) groups is 1. The van der Waals surface area contributed by atoms with Crippen LogP contribution in [0.5, 0.6) is 5.75 Å². The fourth-order valence-corrected chi connectivity index (χ4v) is 2.58. The number of amides is 2. The Hall–Kier alpha value is -2.49. The highest BCUT2D eigenvalue weighted by molar-refractivity contribution is 5.74. The summed E-state index contributed by atoms with van der Waals surface area (Å²) >= 11 is 0. The minimum atomic E-state index is -0.0635. The van der Waals surface area contributed by atoms with E-state index in [1.54, 1.807) is 4.90 Å². The summed E-state index contributed by atoms with van der Waals surface area (Å²) in [5.74, 6) is 0.906. The summed E-state index contributed by atoms with van der Waals surface area (Å²) < 4.78 is 5.82. The van der Waals surface area contributed by atoms with Crippen LogP contribution in [0.2, 0.25) is 0 Å². The Balaban J connectivity index is 1.79. The van der Waals surface area contributed by atoms with Crippen molar-refractivity contribution in [3.63, 3.8) is 0 Å². The zero-order valence-corrected chi connectivity index (χ0v) is 14.7. The van der Waals surface area contributed by atoms with Crippen molar-refractivity contribution in [2.45, 2.75) is 27.3 Å². The monoisotopic (exact) mass is 326 g/mol. The number of nitrogens with zero attached hydrogens (tertiary/aromatic N) is 1. The molecule has 0 heterocycles. The van der Waals surface area contributed by atoms with Crippen molar-refractivity contribution in [3.8, 4) is 5.75 Å². The van der Waals surface area contributed by atoms with Crippen LogP contribution in [0.1, 0.15) is 23.6 Å². The molecule has 4 heteroatoms. The maximum absolute atomic E-state index is 12.3. The Bertz CT molecular complexity index is 636. The highest BCUT2D eigenvalue weighted by atomic mass is 16.5. The van der Waals surface area contributed by atoms with Crippen molar-refractivity contribution < 1.29 is 9.53 Å². The van der Waals surface area contributed by atoms with Crippen molar-refractivity contribution in [1.29, 1.82) is 0 Å². The summed E-state index contributed by atoms with van der Waals surface area (Å²) in [5.41, 5.74) is 3.35. The van der Waals surface area contributed by atoms with Gasteiger partial charge in [0.15, 0.2) is 0 Å². The molecule has 2 aromatic carbocycles. The van der Waals surface area contributed by atoms with Gasteiger partial charge in [-0.2, -0.15) is 0 Å². The normalized spacial score (nSPS) is 10.3. The number of hydrogen-bond donors (Lipinski definition) is 1. The van der Waals surface area contributed by atoms with Crippen molar-refractivity contribution in [1.82, 2.24) is 10.2 Å². The standard InChI is InChI=1S/C20H26N2O2/c1-4-22(15-18-11-6-5-7-12-18)20(23)21-13-14-24-19-16(2)9-8-10-17(19)3/h5-12H,4,13-15H2,1-3H3,(H,21,23). The zero-order chi connectivity index (χ0) is 17.4. The van der Waals surface area contributed by atoms with Crippen LogP contribution in [0.15, 0.2) is 48.5 Å². The Morgan fingerprint density at radius 1 is 1.04 bits per heavy atom. The van der Waals surface area contributed by atoms with Gasteiger partial charge in [-0.25, -0.2) is 4.79 Å². The van der Waals surface area contributed by atoms with Crippen LogP contribution in [-0.2, 0) is 6.54 Å². The average Bonchev–Trinajstić information content (AvgIpc) is 2.59. The molecule has 0 saturated carbocycles. The molecule has 128 valence electrons. The van der Waals surface area contributed by atoms with Crippen molar-refractivity contribution in [3.05, 3.63) is 65.2 Å². The second-order valence-corrected chi connectivity index (χ2v) is 5.80. The highest BCUT2D eigenvalue weighted by Gasteiger charge is 2.11. The number of hydrogen-bond acceptors (Lipinski definition) is 2. The molecule has 0 aliphatic carbocycles. The Morgan fingerprint density at radius 3 is 2.33 bits per heavy atom. The molecule has 4 nitrogen and oxygen atoms in total. The van der Waals surface area contributed by atoms with E-state index in [1.807, 2.05) is 69.3 Å². The van der Waals surface area contributed by atoms with Gasteiger partial charge in [0.2, 0.25) is 0 Å². The molecule has 0 aliphatic heterocycles. The van der Waals surface area contributed by atoms with Gasteiger partial charge in [-0.3, -0.25) is 0 Å². The Kier molecular flexibility index (Phi) is 6.67. The number of nitrogens with one attached hydrogen (secondary N) is 1. The molecule has 0 aromatic heterocycles. The summed E-state index contributed by atoms with van der Waals surface area (Å²) in [4.78, 5) is 14.1. The lowest BCUT2D eigenvalue weighted by atomic mass is 10.1. The smallest absolute Gasteiger partial charge is 0.317 e. The molecule has 0 unspecified atom stereocenters. The fraction of sp³-hybridized carbons (Fsp3) is 0.350. The predicted octanol–water partition coefficient (Wildman–Crippen LogP) is 3.91. The third-order valence-corrected chi connectivity index (χ3v) is 3.92. The third-order valence-electron chi connectivity index (χ3n) is 3.92. The van der Waals surface area contributed by atoms with E-state index in [2.05, 4.69) is 5.32 Å². The molecule has 1 N–H and O–H groups in total. The largest absolute Gasteiger partial charge is 0.491 e. The lowest BCUT2D eigenvalue weighted by Gasteiger charge is -2.21. The minimum Gasteiger partial charge on any atom is -0.491 e. The van der Waals surface area contributed by atoms with Gasteiger partial charge in [-0.05, 0) is 37.5 Å². The van der Waals surface area contributed by atoms with E-state index in [-0.39, 0.29) is 6.03 Å². The summed E-state index contributed by atoms with van der Waals surface area (Å²) in [6, 6.07) is 16.0. The van der Waals surface area contributed by atoms with Gasteiger partial charge in [0.1, 0.15) is 12.4 Å². The lowest BCUT2D eigenvalue weighted by Crippen LogP contribution is -2.41. The van der Waals surface area contributed by atoms with Gasteiger partial charge in [0.05, 0.1) is 6.54 Å². The first kappa shape index (κ1) is 17.9. The number of benzene rings is 2. The van der Waals surface area contributed by atoms with Gasteiger partial charge < -0.3 is 15.0 Å². The zero-order valence-electron chi connectivity index (χ0n) is 14.7. The van der Waals surface area contributed by atoms with Crippen molar-refractivity contribution in [2.24, 2.45) is 0 Å². The van der Waals surface area contributed by atoms with Gasteiger partial charge >= 0.3 is 6.03 Å². The van der Waals surface area contributed by atoms with Crippen LogP contribution in [0.4, 0.5) is 4.79 Å². The SMILES string of the molecule is CCN(Cc1ccccc1)C(=O)NCCOc1c(C)cccc1C. The molecule has 2 aromatic rings. The summed E-state index contributed by atoms with van der Waals surface area (Å²) in [6.07, 6.45) is 0. The highest BCUT2D eigenvalue weighted by Crippen LogP contribution is 2.21. The predicted molar refractivity (Wildman–Crippen MR) is 97.3 cm³/mol. The number of carbonyl (C=O) groups excluding carboxylic acids is 1. The molecule has 0 bridgehead atoms. The van der Waals surface area contributed by atoms with Gasteiger partial charge in [0, 0.05) is 13.1 Å². The van der Waals surface area contributed by atoms with Crippen LogP contribution in [0.25, 0.3) is 0 Å². The van der Waals surface area contributed by atoms with E-state index in [4.69, 9.17) is 4.74 Å². The number of para-hydroxylation sites is 1. The molecule has 0 fully saturated rings. The molecule has 0 aliphatic rings. The first-order valence-corrected chi connectivity index (χ1v) is 8.37. The van der Waals surface area contributed by atoms with Crippen LogP contribution < -0.4 is 10.1 Å². The molecule has 0 radical (unpaired) electrons. The van der Waals surface area contributed by atoms with Crippen LogP contribution >= 0.6 is 0 Å². The molecule has 0 spiro atoms. The maximum atomic E-state index is 12.3. The quantitative estimate of drug-likeness (QED) is 0.784. The van der Waals surface area contributed by atoms with E-state index < -0.39 is 0 Å². The molecule has 2 rings (SSSR count). The van der Waals surface area contributed by atoms with E-state index in [1.165, 1.54) is 0 Å². The summed E-state index contributed by atoms with van der Waals surface area (Å²) in [7, 11) is 0. The lowest BCUT2D eigenvalue weighted by molar-refractivity contribution is 0.195. The maximum Gasteiger partial charge on any atom is 0.317 e. The summed E-state index contributed by atoms with van der Waals surface area (Å²) in [5, 5.41) is 2.93. The fourth-order valence-electron chi connectivity index (χ4n) is 2.58. The van der Waals surface area contributed by atoms with E-state index in [0.29, 0.717) is 26.2 Å². The van der Waals surface area contributed by atoms with E-state index >= 15 is 0 Å². The number of aryl methyl sites for hydroxylation is 2. The summed E-state index contributed by atoms with van der Waals surface area (Å²) in [6.45, 7) is 8.26. The molecule has 24 heavy (non-hydrogen) atoms. The number of ether oxygens (including phenoxy) is 1. The van der Waals surface area contributed by atoms with Crippen LogP contribution in [0, 0.1) is 13.8 Å². The molecular weight excluding hydrogens is 300 g/mol. The first-order valence-electron chi connectivity index (χ1n) is 8.37. The van der Waals surface area contributed by atoms with Crippen LogP contribution in [-0.4, -0.2) is 30.6 Å². The Morgan fingerprint density at radius 2 is 1.71 bits per heavy atom. The van der Waals surface area contributed by atoms with E-state index in [9.17, 15) is 4.79 Å². The third kappa shape index (κ3) is 5.01.